The van der Waals surface area contributed by atoms with Crippen LogP contribution < -0.4 is 5.32 Å². The molecule has 3 heteroatoms. The fourth-order valence-corrected chi connectivity index (χ4v) is 2.10. The Kier molecular flexibility index (Phi) is 3.93. The van der Waals surface area contributed by atoms with Gasteiger partial charge in [-0.15, -0.1) is 0 Å². The molecule has 1 heterocycles. The molecule has 0 amide bonds. The fourth-order valence-electron chi connectivity index (χ4n) is 2.10. The lowest BCUT2D eigenvalue weighted by Gasteiger charge is -2.14. The Labute approximate surface area is 115 Å². The predicted molar refractivity (Wildman–Crippen MR) is 81.1 cm³/mol. The van der Waals surface area contributed by atoms with Crippen molar-refractivity contribution in [1.29, 1.82) is 0 Å². The molecule has 0 aliphatic heterocycles. The van der Waals surface area contributed by atoms with Gasteiger partial charge in [0.25, 0.3) is 0 Å². The van der Waals surface area contributed by atoms with Gasteiger partial charge in [-0.2, -0.15) is 0 Å². The minimum absolute atomic E-state index is 0.601. The minimum Gasteiger partial charge on any atom is -0.355 e. The molecule has 0 atom stereocenters. The lowest BCUT2D eigenvalue weighted by molar-refractivity contribution is 0.683. The summed E-state index contributed by atoms with van der Waals surface area (Å²) in [6.07, 6.45) is 2.09. The Morgan fingerprint density at radius 3 is 2.63 bits per heavy atom. The molecule has 0 aliphatic carbocycles. The maximum atomic E-state index is 4.58. The molecule has 0 saturated carbocycles. The lowest BCUT2D eigenvalue weighted by Crippen LogP contribution is -2.12. The highest BCUT2D eigenvalue weighted by atomic mass is 15.2. The highest BCUT2D eigenvalue weighted by molar-refractivity contribution is 5.50. The van der Waals surface area contributed by atoms with E-state index in [1.165, 1.54) is 16.8 Å². The van der Waals surface area contributed by atoms with Crippen LogP contribution in [0.3, 0.4) is 0 Å². The SMILES string of the molecule is Cc1cn(-c2cccc(C)c2C)c(NCC(C)C)n1. The maximum absolute atomic E-state index is 4.58. The second-order valence-electron chi connectivity index (χ2n) is 5.57. The van der Waals surface area contributed by atoms with Gasteiger partial charge in [-0.05, 0) is 43.9 Å². The summed E-state index contributed by atoms with van der Waals surface area (Å²) in [6.45, 7) is 11.7. The number of nitrogens with zero attached hydrogens (tertiary/aromatic N) is 2. The van der Waals surface area contributed by atoms with Gasteiger partial charge in [0.2, 0.25) is 5.95 Å². The molecular weight excluding hydrogens is 234 g/mol. The van der Waals surface area contributed by atoms with Gasteiger partial charge in [-0.25, -0.2) is 4.98 Å². The van der Waals surface area contributed by atoms with Crippen molar-refractivity contribution in [2.24, 2.45) is 5.92 Å². The fraction of sp³-hybridized carbons (Fsp3) is 0.438. The number of benzene rings is 1. The molecule has 3 nitrogen and oxygen atoms in total. The van der Waals surface area contributed by atoms with E-state index in [1.54, 1.807) is 0 Å². The third kappa shape index (κ3) is 2.98. The molecule has 0 aliphatic rings. The first kappa shape index (κ1) is 13.7. The average molecular weight is 257 g/mol. The summed E-state index contributed by atoms with van der Waals surface area (Å²) in [5, 5.41) is 3.43. The summed E-state index contributed by atoms with van der Waals surface area (Å²) >= 11 is 0. The molecule has 0 radical (unpaired) electrons. The number of rotatable bonds is 4. The molecule has 0 unspecified atom stereocenters. The Bertz CT molecular complexity index is 567. The Hall–Kier alpha value is -1.77. The highest BCUT2D eigenvalue weighted by Crippen LogP contribution is 2.22. The van der Waals surface area contributed by atoms with E-state index in [2.05, 4.69) is 67.0 Å². The number of anilines is 1. The van der Waals surface area contributed by atoms with Crippen LogP contribution in [0.2, 0.25) is 0 Å². The maximum Gasteiger partial charge on any atom is 0.207 e. The first-order valence-electron chi connectivity index (χ1n) is 6.85. The van der Waals surface area contributed by atoms with Crippen LogP contribution in [0.1, 0.15) is 30.7 Å². The van der Waals surface area contributed by atoms with Gasteiger partial charge in [-0.3, -0.25) is 4.57 Å². The van der Waals surface area contributed by atoms with Crippen LogP contribution in [0.4, 0.5) is 5.95 Å². The van der Waals surface area contributed by atoms with Crippen molar-refractivity contribution in [2.75, 3.05) is 11.9 Å². The summed E-state index contributed by atoms with van der Waals surface area (Å²) in [6, 6.07) is 6.38. The second-order valence-corrected chi connectivity index (χ2v) is 5.57. The van der Waals surface area contributed by atoms with Gasteiger partial charge in [0.1, 0.15) is 0 Å². The van der Waals surface area contributed by atoms with Crippen molar-refractivity contribution >= 4 is 5.95 Å². The summed E-state index contributed by atoms with van der Waals surface area (Å²) < 4.78 is 2.15. The Morgan fingerprint density at radius 2 is 1.95 bits per heavy atom. The van der Waals surface area contributed by atoms with E-state index >= 15 is 0 Å². The number of aromatic nitrogens is 2. The normalized spacial score (nSPS) is 11.1. The summed E-state index contributed by atoms with van der Waals surface area (Å²) in [4.78, 5) is 4.58. The van der Waals surface area contributed by atoms with Crippen molar-refractivity contribution in [2.45, 2.75) is 34.6 Å². The van der Waals surface area contributed by atoms with E-state index in [4.69, 9.17) is 0 Å². The number of hydrogen-bond donors (Lipinski definition) is 1. The zero-order valence-electron chi connectivity index (χ0n) is 12.5. The van der Waals surface area contributed by atoms with Crippen molar-refractivity contribution in [3.8, 4) is 5.69 Å². The number of hydrogen-bond acceptors (Lipinski definition) is 2. The molecule has 1 aromatic heterocycles. The van der Waals surface area contributed by atoms with E-state index in [-0.39, 0.29) is 0 Å². The summed E-state index contributed by atoms with van der Waals surface area (Å²) in [5.74, 6) is 1.53. The molecule has 1 aromatic carbocycles. The van der Waals surface area contributed by atoms with Gasteiger partial charge in [-0.1, -0.05) is 26.0 Å². The third-order valence-corrected chi connectivity index (χ3v) is 3.33. The zero-order chi connectivity index (χ0) is 14.0. The van der Waals surface area contributed by atoms with Gasteiger partial charge < -0.3 is 5.32 Å². The van der Waals surface area contributed by atoms with Crippen LogP contribution in [0, 0.1) is 26.7 Å². The standard InChI is InChI=1S/C16H23N3/c1-11(2)9-17-16-18-13(4)10-19(16)15-8-6-7-12(3)14(15)5/h6-8,10-11H,9H2,1-5H3,(H,17,18). The molecule has 1 N–H and O–H groups in total. The molecule has 19 heavy (non-hydrogen) atoms. The Morgan fingerprint density at radius 1 is 1.21 bits per heavy atom. The molecule has 0 bridgehead atoms. The van der Waals surface area contributed by atoms with Gasteiger partial charge >= 0.3 is 0 Å². The molecule has 2 rings (SSSR count). The van der Waals surface area contributed by atoms with Crippen molar-refractivity contribution in [3.63, 3.8) is 0 Å². The van der Waals surface area contributed by atoms with Crippen molar-refractivity contribution in [3.05, 3.63) is 41.2 Å². The first-order valence-corrected chi connectivity index (χ1v) is 6.85. The van der Waals surface area contributed by atoms with Gasteiger partial charge in [0, 0.05) is 12.7 Å². The lowest BCUT2D eigenvalue weighted by atomic mass is 10.1. The molecule has 0 spiro atoms. The van der Waals surface area contributed by atoms with Crippen LogP contribution >= 0.6 is 0 Å². The van der Waals surface area contributed by atoms with Crippen LogP contribution in [0.5, 0.6) is 0 Å². The third-order valence-electron chi connectivity index (χ3n) is 3.33. The van der Waals surface area contributed by atoms with Gasteiger partial charge in [0.15, 0.2) is 0 Å². The van der Waals surface area contributed by atoms with Gasteiger partial charge in [0.05, 0.1) is 11.4 Å². The molecule has 0 saturated heterocycles. The van der Waals surface area contributed by atoms with Crippen LogP contribution in [-0.4, -0.2) is 16.1 Å². The zero-order valence-corrected chi connectivity index (χ0v) is 12.5. The number of imidazole rings is 1. The molecular formula is C16H23N3. The first-order chi connectivity index (χ1) is 8.99. The van der Waals surface area contributed by atoms with Crippen molar-refractivity contribution < 1.29 is 0 Å². The predicted octanol–water partition coefficient (Wildman–Crippen LogP) is 3.87. The van der Waals surface area contributed by atoms with E-state index in [0.717, 1.165) is 18.2 Å². The summed E-state index contributed by atoms with van der Waals surface area (Å²) in [5.41, 5.74) is 4.84. The molecule has 0 fully saturated rings. The van der Waals surface area contributed by atoms with Crippen LogP contribution in [0.15, 0.2) is 24.4 Å². The molecule has 102 valence electrons. The monoisotopic (exact) mass is 257 g/mol. The quantitative estimate of drug-likeness (QED) is 0.901. The highest BCUT2D eigenvalue weighted by Gasteiger charge is 2.10. The average Bonchev–Trinajstić information content (AvgIpc) is 2.71. The second kappa shape index (κ2) is 5.47. The summed E-state index contributed by atoms with van der Waals surface area (Å²) in [7, 11) is 0. The minimum atomic E-state index is 0.601. The van der Waals surface area contributed by atoms with Crippen molar-refractivity contribution in [1.82, 2.24) is 9.55 Å². The van der Waals surface area contributed by atoms with E-state index in [0.29, 0.717) is 5.92 Å². The largest absolute Gasteiger partial charge is 0.355 e. The molecule has 2 aromatic rings. The topological polar surface area (TPSA) is 29.9 Å². The number of nitrogens with one attached hydrogen (secondary N) is 1. The van der Waals surface area contributed by atoms with E-state index in [9.17, 15) is 0 Å². The Balaban J connectivity index is 2.41. The van der Waals surface area contributed by atoms with E-state index < -0.39 is 0 Å². The van der Waals surface area contributed by atoms with Crippen LogP contribution in [0.25, 0.3) is 5.69 Å². The smallest absolute Gasteiger partial charge is 0.207 e. The van der Waals surface area contributed by atoms with Crippen LogP contribution in [-0.2, 0) is 0 Å². The number of aryl methyl sites for hydroxylation is 2. The van der Waals surface area contributed by atoms with E-state index in [1.807, 2.05) is 6.92 Å².